The lowest BCUT2D eigenvalue weighted by Crippen LogP contribution is -2.34. The Bertz CT molecular complexity index is 621. The number of amides is 1. The lowest BCUT2D eigenvalue weighted by molar-refractivity contribution is -0.138. The van der Waals surface area contributed by atoms with E-state index in [9.17, 15) is 9.59 Å². The van der Waals surface area contributed by atoms with Gasteiger partial charge in [0.1, 0.15) is 0 Å². The predicted octanol–water partition coefficient (Wildman–Crippen LogP) is 1.43. The summed E-state index contributed by atoms with van der Waals surface area (Å²) in [4.78, 5) is 24.3. The number of hydrogen-bond donors (Lipinski definition) is 2. The van der Waals surface area contributed by atoms with Crippen LogP contribution in [0.15, 0.2) is 24.3 Å². The molecule has 2 aromatic rings. The number of nitrogens with one attached hydrogen (secondary N) is 1. The average molecular weight is 275 g/mol. The van der Waals surface area contributed by atoms with E-state index in [1.54, 1.807) is 4.90 Å². The molecule has 6 heteroatoms. The Balaban J connectivity index is 2.08. The van der Waals surface area contributed by atoms with Crippen LogP contribution in [0.1, 0.15) is 19.0 Å². The van der Waals surface area contributed by atoms with Gasteiger partial charge in [-0.3, -0.25) is 14.7 Å². The molecule has 0 saturated heterocycles. The molecule has 2 rings (SSSR count). The smallest absolute Gasteiger partial charge is 0.305 e. The highest BCUT2D eigenvalue weighted by atomic mass is 16.4. The van der Waals surface area contributed by atoms with E-state index < -0.39 is 5.97 Å². The van der Waals surface area contributed by atoms with Gasteiger partial charge in [-0.25, -0.2) is 0 Å². The van der Waals surface area contributed by atoms with Crippen molar-refractivity contribution in [3.63, 3.8) is 0 Å². The lowest BCUT2D eigenvalue weighted by Gasteiger charge is -2.19. The number of carboxylic acid groups (broad SMARTS) is 1. The Morgan fingerprint density at radius 3 is 2.80 bits per heavy atom. The van der Waals surface area contributed by atoms with E-state index in [1.165, 1.54) is 0 Å². The molecule has 0 spiro atoms. The van der Waals surface area contributed by atoms with Crippen molar-refractivity contribution >= 4 is 22.8 Å². The number of hydrogen-bond acceptors (Lipinski definition) is 3. The van der Waals surface area contributed by atoms with E-state index in [0.717, 1.165) is 16.6 Å². The van der Waals surface area contributed by atoms with Crippen LogP contribution in [0.25, 0.3) is 10.9 Å². The predicted molar refractivity (Wildman–Crippen MR) is 74.3 cm³/mol. The molecule has 0 unspecified atom stereocenters. The largest absolute Gasteiger partial charge is 0.481 e. The highest BCUT2D eigenvalue weighted by Crippen LogP contribution is 2.16. The first-order valence-electron chi connectivity index (χ1n) is 6.53. The van der Waals surface area contributed by atoms with Crippen LogP contribution in [-0.4, -0.2) is 45.2 Å². The highest BCUT2D eigenvalue weighted by molar-refractivity contribution is 5.87. The summed E-state index contributed by atoms with van der Waals surface area (Å²) in [6.45, 7) is 2.57. The van der Waals surface area contributed by atoms with Crippen molar-refractivity contribution in [2.75, 3.05) is 13.1 Å². The zero-order valence-electron chi connectivity index (χ0n) is 11.3. The second-order valence-corrected chi connectivity index (χ2v) is 4.51. The van der Waals surface area contributed by atoms with Crippen LogP contribution in [0.3, 0.4) is 0 Å². The number of carbonyl (C=O) groups is 2. The summed E-state index contributed by atoms with van der Waals surface area (Å²) < 4.78 is 0. The standard InChI is InChI=1S/C14H17N3O3/c1-2-17(8-7-14(19)20)13(18)9-12-10-5-3-4-6-11(10)15-16-12/h3-6H,2,7-9H2,1H3,(H,15,16)(H,19,20). The number of nitrogens with zero attached hydrogens (tertiary/aromatic N) is 2. The maximum Gasteiger partial charge on any atom is 0.305 e. The molecule has 0 aliphatic rings. The molecule has 0 aliphatic heterocycles. The van der Waals surface area contributed by atoms with E-state index in [0.29, 0.717) is 6.54 Å². The van der Waals surface area contributed by atoms with Crippen LogP contribution in [0, 0.1) is 0 Å². The molecule has 0 saturated carbocycles. The van der Waals surface area contributed by atoms with E-state index >= 15 is 0 Å². The van der Waals surface area contributed by atoms with E-state index in [2.05, 4.69) is 10.2 Å². The zero-order valence-corrected chi connectivity index (χ0v) is 11.3. The van der Waals surface area contributed by atoms with Crippen molar-refractivity contribution in [3.8, 4) is 0 Å². The van der Waals surface area contributed by atoms with Crippen molar-refractivity contribution in [1.82, 2.24) is 15.1 Å². The van der Waals surface area contributed by atoms with Crippen molar-refractivity contribution in [1.29, 1.82) is 0 Å². The Morgan fingerprint density at radius 2 is 2.10 bits per heavy atom. The molecule has 1 aromatic heterocycles. The minimum atomic E-state index is -0.900. The normalized spacial score (nSPS) is 10.7. The summed E-state index contributed by atoms with van der Waals surface area (Å²) in [5.41, 5.74) is 1.59. The number of H-pyrrole nitrogens is 1. The molecule has 106 valence electrons. The molecule has 0 bridgehead atoms. The minimum Gasteiger partial charge on any atom is -0.481 e. The van der Waals surface area contributed by atoms with Crippen LogP contribution >= 0.6 is 0 Å². The lowest BCUT2D eigenvalue weighted by atomic mass is 10.1. The van der Waals surface area contributed by atoms with E-state index in [1.807, 2.05) is 31.2 Å². The van der Waals surface area contributed by atoms with Gasteiger partial charge in [0.15, 0.2) is 0 Å². The third-order valence-corrected chi connectivity index (χ3v) is 3.20. The van der Waals surface area contributed by atoms with Gasteiger partial charge in [0.25, 0.3) is 0 Å². The van der Waals surface area contributed by atoms with Crippen LogP contribution < -0.4 is 0 Å². The third-order valence-electron chi connectivity index (χ3n) is 3.20. The number of aromatic amines is 1. The maximum absolute atomic E-state index is 12.2. The van der Waals surface area contributed by atoms with Gasteiger partial charge in [0.2, 0.25) is 5.91 Å². The first-order valence-corrected chi connectivity index (χ1v) is 6.53. The number of para-hydroxylation sites is 1. The molecule has 0 aliphatic carbocycles. The number of carboxylic acids is 1. The number of aliphatic carboxylic acids is 1. The number of rotatable bonds is 6. The summed E-state index contributed by atoms with van der Waals surface area (Å²) in [5.74, 6) is -0.994. The number of fused-ring (bicyclic) bond motifs is 1. The molecular weight excluding hydrogens is 258 g/mol. The summed E-state index contributed by atoms with van der Waals surface area (Å²) in [6.07, 6.45) is 0.164. The van der Waals surface area contributed by atoms with Crippen LogP contribution in [0.4, 0.5) is 0 Å². The van der Waals surface area contributed by atoms with Crippen molar-refractivity contribution < 1.29 is 14.7 Å². The molecule has 0 atom stereocenters. The van der Waals surface area contributed by atoms with Gasteiger partial charge in [-0.15, -0.1) is 0 Å². The third kappa shape index (κ3) is 3.14. The van der Waals surface area contributed by atoms with Gasteiger partial charge in [-0.05, 0) is 13.0 Å². The highest BCUT2D eigenvalue weighted by Gasteiger charge is 2.16. The van der Waals surface area contributed by atoms with Gasteiger partial charge in [0, 0.05) is 18.5 Å². The van der Waals surface area contributed by atoms with Gasteiger partial charge < -0.3 is 10.0 Å². The number of carbonyl (C=O) groups excluding carboxylic acids is 1. The second-order valence-electron chi connectivity index (χ2n) is 4.51. The minimum absolute atomic E-state index is 0.0384. The summed E-state index contributed by atoms with van der Waals surface area (Å²) >= 11 is 0. The molecular formula is C14H17N3O3. The fourth-order valence-electron chi connectivity index (χ4n) is 2.10. The van der Waals surface area contributed by atoms with E-state index in [4.69, 9.17) is 5.11 Å². The quantitative estimate of drug-likeness (QED) is 0.835. The Kier molecular flexibility index (Phi) is 4.34. The zero-order chi connectivity index (χ0) is 14.5. The molecule has 1 aromatic carbocycles. The van der Waals surface area contributed by atoms with Crippen molar-refractivity contribution in [2.24, 2.45) is 0 Å². The number of aromatic nitrogens is 2. The molecule has 6 nitrogen and oxygen atoms in total. The number of likely N-dealkylation sites (N-methyl/N-ethyl adjacent to an activating group) is 1. The average Bonchev–Trinajstić information content (AvgIpc) is 2.83. The fourth-order valence-corrected chi connectivity index (χ4v) is 2.10. The summed E-state index contributed by atoms with van der Waals surface area (Å²) in [6, 6.07) is 7.57. The maximum atomic E-state index is 12.2. The molecule has 20 heavy (non-hydrogen) atoms. The molecule has 0 fully saturated rings. The monoisotopic (exact) mass is 275 g/mol. The van der Waals surface area contributed by atoms with Gasteiger partial charge in [0.05, 0.1) is 24.1 Å². The topological polar surface area (TPSA) is 86.3 Å². The molecule has 1 amide bonds. The van der Waals surface area contributed by atoms with Crippen molar-refractivity contribution in [3.05, 3.63) is 30.0 Å². The Morgan fingerprint density at radius 1 is 1.35 bits per heavy atom. The second kappa shape index (κ2) is 6.18. The van der Waals surface area contributed by atoms with Crippen molar-refractivity contribution in [2.45, 2.75) is 19.8 Å². The Hall–Kier alpha value is -2.37. The first-order chi connectivity index (χ1) is 9.61. The molecule has 0 radical (unpaired) electrons. The van der Waals surface area contributed by atoms with Crippen LogP contribution in [0.5, 0.6) is 0 Å². The Labute approximate surface area is 116 Å². The summed E-state index contributed by atoms with van der Waals surface area (Å²) in [5, 5.41) is 16.6. The number of benzene rings is 1. The van der Waals surface area contributed by atoms with Gasteiger partial charge in [-0.2, -0.15) is 5.10 Å². The van der Waals surface area contributed by atoms with E-state index in [-0.39, 0.29) is 25.3 Å². The fraction of sp³-hybridized carbons (Fsp3) is 0.357. The summed E-state index contributed by atoms with van der Waals surface area (Å²) in [7, 11) is 0. The molecule has 1 heterocycles. The van der Waals surface area contributed by atoms with Gasteiger partial charge in [-0.1, -0.05) is 18.2 Å². The SMILES string of the molecule is CCN(CCC(=O)O)C(=O)Cc1[nH]nc2ccccc12. The molecule has 2 N–H and O–H groups in total. The van der Waals surface area contributed by atoms with Crippen LogP contribution in [-0.2, 0) is 16.0 Å². The van der Waals surface area contributed by atoms with Crippen LogP contribution in [0.2, 0.25) is 0 Å². The van der Waals surface area contributed by atoms with Gasteiger partial charge >= 0.3 is 5.97 Å². The first kappa shape index (κ1) is 14.0.